The summed E-state index contributed by atoms with van der Waals surface area (Å²) in [5.74, 6) is 1.62. The first-order chi connectivity index (χ1) is 15.5. The van der Waals surface area contributed by atoms with Gasteiger partial charge in [-0.2, -0.15) is 0 Å². The first kappa shape index (κ1) is 26.7. The molecule has 0 radical (unpaired) electrons. The molecule has 3 rings (SSSR count). The minimum Gasteiger partial charge on any atom is -0.490 e. The molecular formula is C24H32FIN4O3. The molecule has 1 aliphatic heterocycles. The van der Waals surface area contributed by atoms with Gasteiger partial charge in [-0.3, -0.25) is 9.79 Å². The van der Waals surface area contributed by atoms with Gasteiger partial charge in [0.05, 0.1) is 19.8 Å². The van der Waals surface area contributed by atoms with Gasteiger partial charge in [0.15, 0.2) is 17.5 Å². The Morgan fingerprint density at radius 3 is 2.64 bits per heavy atom. The highest BCUT2D eigenvalue weighted by atomic mass is 127. The van der Waals surface area contributed by atoms with Crippen LogP contribution in [0.2, 0.25) is 0 Å². The SMILES string of the molecule is CC(C)NC(=O)CCN=C(NCCc1ccccc1F)Nc1ccc2c(c1)OCCCO2.I. The number of amides is 1. The van der Waals surface area contributed by atoms with Gasteiger partial charge in [-0.15, -0.1) is 24.0 Å². The second-order valence-electron chi connectivity index (χ2n) is 7.81. The van der Waals surface area contributed by atoms with Crippen LogP contribution in [-0.4, -0.2) is 44.2 Å². The highest BCUT2D eigenvalue weighted by Gasteiger charge is 2.12. The van der Waals surface area contributed by atoms with Gasteiger partial charge in [-0.1, -0.05) is 18.2 Å². The molecule has 0 unspecified atom stereocenters. The molecule has 0 aromatic heterocycles. The molecule has 0 bridgehead atoms. The van der Waals surface area contributed by atoms with Crippen molar-refractivity contribution in [1.29, 1.82) is 0 Å². The molecule has 2 aromatic rings. The zero-order chi connectivity index (χ0) is 22.8. The number of guanidine groups is 1. The number of hydrogen-bond acceptors (Lipinski definition) is 4. The summed E-state index contributed by atoms with van der Waals surface area (Å²) in [5.41, 5.74) is 1.41. The van der Waals surface area contributed by atoms with Crippen LogP contribution in [0.15, 0.2) is 47.5 Å². The highest BCUT2D eigenvalue weighted by Crippen LogP contribution is 2.32. The number of carbonyl (C=O) groups excluding carboxylic acids is 1. The fourth-order valence-electron chi connectivity index (χ4n) is 3.20. The third-order valence-corrected chi connectivity index (χ3v) is 4.71. The minimum atomic E-state index is -0.228. The second-order valence-corrected chi connectivity index (χ2v) is 7.81. The van der Waals surface area contributed by atoms with Crippen molar-refractivity contribution in [2.24, 2.45) is 4.99 Å². The first-order valence-electron chi connectivity index (χ1n) is 11.0. The van der Waals surface area contributed by atoms with E-state index in [4.69, 9.17) is 9.47 Å². The van der Waals surface area contributed by atoms with E-state index in [2.05, 4.69) is 20.9 Å². The Labute approximate surface area is 211 Å². The number of anilines is 1. The molecule has 0 saturated carbocycles. The van der Waals surface area contributed by atoms with Crippen molar-refractivity contribution in [2.75, 3.05) is 31.6 Å². The van der Waals surface area contributed by atoms with E-state index in [0.717, 1.165) is 12.1 Å². The molecule has 0 fully saturated rings. The Kier molecular flexibility index (Phi) is 11.2. The Morgan fingerprint density at radius 2 is 1.88 bits per heavy atom. The van der Waals surface area contributed by atoms with Crippen molar-refractivity contribution in [2.45, 2.75) is 39.2 Å². The van der Waals surface area contributed by atoms with Crippen LogP contribution in [0.5, 0.6) is 11.5 Å². The standard InChI is InChI=1S/C24H31FN4O3.HI/c1-17(2)28-23(30)11-13-27-24(26-12-10-18-6-3-4-7-20(18)25)29-19-8-9-21-22(16-19)32-15-5-14-31-21;/h3-4,6-9,16-17H,5,10-15H2,1-2H3,(H,28,30)(H2,26,27,29);1H. The lowest BCUT2D eigenvalue weighted by atomic mass is 10.1. The summed E-state index contributed by atoms with van der Waals surface area (Å²) in [6, 6.07) is 12.4. The van der Waals surface area contributed by atoms with Crippen molar-refractivity contribution >= 4 is 41.5 Å². The molecule has 1 heterocycles. The first-order valence-corrected chi connectivity index (χ1v) is 11.0. The summed E-state index contributed by atoms with van der Waals surface area (Å²) in [6.07, 6.45) is 1.61. The number of benzene rings is 2. The molecule has 3 N–H and O–H groups in total. The van der Waals surface area contributed by atoms with Crippen molar-refractivity contribution in [3.63, 3.8) is 0 Å². The van der Waals surface area contributed by atoms with Gasteiger partial charge in [0.2, 0.25) is 5.91 Å². The maximum absolute atomic E-state index is 13.9. The van der Waals surface area contributed by atoms with Crippen LogP contribution in [0, 0.1) is 5.82 Å². The largest absolute Gasteiger partial charge is 0.490 e. The van der Waals surface area contributed by atoms with Gasteiger partial charge in [0.1, 0.15) is 5.82 Å². The summed E-state index contributed by atoms with van der Waals surface area (Å²) >= 11 is 0. The summed E-state index contributed by atoms with van der Waals surface area (Å²) in [7, 11) is 0. The van der Waals surface area contributed by atoms with E-state index in [-0.39, 0.29) is 48.2 Å². The second kappa shape index (κ2) is 13.9. The molecule has 0 aliphatic carbocycles. The van der Waals surface area contributed by atoms with Crippen LogP contribution in [0.1, 0.15) is 32.3 Å². The number of halogens is 2. The number of rotatable bonds is 8. The number of fused-ring (bicyclic) bond motifs is 1. The predicted octanol–water partition coefficient (Wildman–Crippen LogP) is 4.12. The van der Waals surface area contributed by atoms with E-state index in [1.54, 1.807) is 12.1 Å². The monoisotopic (exact) mass is 570 g/mol. The predicted molar refractivity (Wildman–Crippen MR) is 139 cm³/mol. The average Bonchev–Trinajstić information content (AvgIpc) is 2.99. The number of ether oxygens (including phenoxy) is 2. The normalized spacial score (nSPS) is 13.0. The van der Waals surface area contributed by atoms with Gasteiger partial charge < -0.3 is 25.4 Å². The summed E-state index contributed by atoms with van der Waals surface area (Å²) in [4.78, 5) is 16.4. The third kappa shape index (κ3) is 9.07. The number of hydrogen-bond donors (Lipinski definition) is 3. The van der Waals surface area contributed by atoms with E-state index in [1.807, 2.05) is 38.1 Å². The smallest absolute Gasteiger partial charge is 0.222 e. The van der Waals surface area contributed by atoms with Crippen molar-refractivity contribution in [3.05, 3.63) is 53.8 Å². The van der Waals surface area contributed by atoms with E-state index >= 15 is 0 Å². The van der Waals surface area contributed by atoms with Crippen LogP contribution < -0.4 is 25.4 Å². The quantitative estimate of drug-likeness (QED) is 0.253. The molecule has 33 heavy (non-hydrogen) atoms. The number of aliphatic imine (C=N–C) groups is 1. The van der Waals surface area contributed by atoms with Crippen LogP contribution in [0.3, 0.4) is 0 Å². The lowest BCUT2D eigenvalue weighted by Gasteiger charge is -2.15. The van der Waals surface area contributed by atoms with Gasteiger partial charge in [-0.25, -0.2) is 4.39 Å². The van der Waals surface area contributed by atoms with Gasteiger partial charge in [0.25, 0.3) is 0 Å². The van der Waals surface area contributed by atoms with Crippen molar-refractivity contribution < 1.29 is 18.7 Å². The Morgan fingerprint density at radius 1 is 1.12 bits per heavy atom. The minimum absolute atomic E-state index is 0. The lowest BCUT2D eigenvalue weighted by molar-refractivity contribution is -0.121. The number of nitrogens with one attached hydrogen (secondary N) is 3. The zero-order valence-corrected chi connectivity index (χ0v) is 21.4. The maximum Gasteiger partial charge on any atom is 0.222 e. The van der Waals surface area contributed by atoms with Crippen LogP contribution in [0.25, 0.3) is 0 Å². The van der Waals surface area contributed by atoms with Crippen LogP contribution in [0.4, 0.5) is 10.1 Å². The van der Waals surface area contributed by atoms with E-state index in [1.165, 1.54) is 6.07 Å². The van der Waals surface area contributed by atoms with Gasteiger partial charge in [0, 0.05) is 37.2 Å². The highest BCUT2D eigenvalue weighted by molar-refractivity contribution is 14.0. The Hall–Kier alpha value is -2.56. The number of nitrogens with zero attached hydrogens (tertiary/aromatic N) is 1. The van der Waals surface area contributed by atoms with Crippen molar-refractivity contribution in [3.8, 4) is 11.5 Å². The molecule has 1 aliphatic rings. The van der Waals surface area contributed by atoms with E-state index in [9.17, 15) is 9.18 Å². The molecule has 0 spiro atoms. The Bertz CT molecular complexity index is 940. The van der Waals surface area contributed by atoms with Crippen molar-refractivity contribution in [1.82, 2.24) is 10.6 Å². The van der Waals surface area contributed by atoms with E-state index in [0.29, 0.717) is 55.7 Å². The summed E-state index contributed by atoms with van der Waals surface area (Å²) in [6.45, 7) is 5.87. The molecule has 2 aromatic carbocycles. The van der Waals surface area contributed by atoms with Gasteiger partial charge >= 0.3 is 0 Å². The fraction of sp³-hybridized carbons (Fsp3) is 0.417. The Balaban J connectivity index is 0.00000385. The average molecular weight is 570 g/mol. The number of carbonyl (C=O) groups is 1. The molecule has 9 heteroatoms. The maximum atomic E-state index is 13.9. The molecular weight excluding hydrogens is 538 g/mol. The van der Waals surface area contributed by atoms with E-state index < -0.39 is 0 Å². The van der Waals surface area contributed by atoms with Gasteiger partial charge in [-0.05, 0) is 44.0 Å². The molecule has 0 saturated heterocycles. The topological polar surface area (TPSA) is 84.0 Å². The summed E-state index contributed by atoms with van der Waals surface area (Å²) < 4.78 is 25.3. The molecule has 1 amide bonds. The zero-order valence-electron chi connectivity index (χ0n) is 19.0. The molecule has 180 valence electrons. The molecule has 7 nitrogen and oxygen atoms in total. The third-order valence-electron chi connectivity index (χ3n) is 4.71. The summed E-state index contributed by atoms with van der Waals surface area (Å²) in [5, 5.41) is 9.32. The lowest BCUT2D eigenvalue weighted by Crippen LogP contribution is -2.34. The van der Waals surface area contributed by atoms with Crippen LogP contribution >= 0.6 is 24.0 Å². The van der Waals surface area contributed by atoms with Crippen LogP contribution in [-0.2, 0) is 11.2 Å². The fourth-order valence-corrected chi connectivity index (χ4v) is 3.20. The molecule has 0 atom stereocenters.